The van der Waals surface area contributed by atoms with Crippen LogP contribution in [0, 0.1) is 0 Å². The minimum Gasteiger partial charge on any atom is -0.428 e. The Hall–Kier alpha value is -1.84. The van der Waals surface area contributed by atoms with Gasteiger partial charge < -0.3 is 4.74 Å². The summed E-state index contributed by atoms with van der Waals surface area (Å²) in [5.74, 6) is -0.386. The van der Waals surface area contributed by atoms with E-state index >= 15 is 0 Å². The molecule has 1 fully saturated rings. The first-order chi connectivity index (χ1) is 8.79. The molecule has 1 N–H and O–H groups in total. The maximum atomic E-state index is 12.0. The number of imide groups is 1. The Balaban J connectivity index is 2.41. The van der Waals surface area contributed by atoms with Crippen LogP contribution in [0.1, 0.15) is 45.2 Å². The molecule has 19 heavy (non-hydrogen) atoms. The van der Waals surface area contributed by atoms with E-state index in [1.165, 1.54) is 5.56 Å². The van der Waals surface area contributed by atoms with Crippen molar-refractivity contribution in [1.29, 1.82) is 0 Å². The first-order valence-corrected chi connectivity index (χ1v) is 6.45. The van der Waals surface area contributed by atoms with Crippen LogP contribution in [0.15, 0.2) is 24.3 Å². The summed E-state index contributed by atoms with van der Waals surface area (Å²) in [6.07, 6.45) is -0.258. The quantitative estimate of drug-likeness (QED) is 0.890. The Kier molecular flexibility index (Phi) is 3.12. The number of carbonyl (C=O) groups is 2. The molecular formula is C15H19NO3. The molecule has 1 unspecified atom stereocenters. The molecule has 0 aliphatic carbocycles. The smallest absolute Gasteiger partial charge is 0.415 e. The molecule has 0 saturated carbocycles. The average molecular weight is 261 g/mol. The number of carbonyl (C=O) groups excluding carboxylic acids is 2. The highest BCUT2D eigenvalue weighted by atomic mass is 16.6. The van der Waals surface area contributed by atoms with Crippen LogP contribution in [-0.4, -0.2) is 12.0 Å². The van der Waals surface area contributed by atoms with Gasteiger partial charge in [0.2, 0.25) is 5.60 Å². The van der Waals surface area contributed by atoms with E-state index in [0.717, 1.165) is 0 Å². The van der Waals surface area contributed by atoms with Crippen molar-refractivity contribution in [3.8, 4) is 0 Å². The van der Waals surface area contributed by atoms with Crippen molar-refractivity contribution in [2.45, 2.75) is 45.1 Å². The highest BCUT2D eigenvalue weighted by molar-refractivity contribution is 6.03. The maximum Gasteiger partial charge on any atom is 0.415 e. The van der Waals surface area contributed by atoms with Gasteiger partial charge in [-0.25, -0.2) is 4.79 Å². The first-order valence-electron chi connectivity index (χ1n) is 6.45. The summed E-state index contributed by atoms with van der Waals surface area (Å²) in [6.45, 7) is 8.20. The summed E-state index contributed by atoms with van der Waals surface area (Å²) in [7, 11) is 0. The lowest BCUT2D eigenvalue weighted by molar-refractivity contribution is -0.132. The molecule has 0 spiro atoms. The van der Waals surface area contributed by atoms with Crippen molar-refractivity contribution in [2.75, 3.05) is 0 Å². The van der Waals surface area contributed by atoms with Gasteiger partial charge in [0, 0.05) is 5.56 Å². The molecule has 0 radical (unpaired) electrons. The molecule has 1 atom stereocenters. The third kappa shape index (κ3) is 2.23. The van der Waals surface area contributed by atoms with E-state index in [-0.39, 0.29) is 11.3 Å². The summed E-state index contributed by atoms with van der Waals surface area (Å²) in [5.41, 5.74) is 0.763. The van der Waals surface area contributed by atoms with Gasteiger partial charge in [0.05, 0.1) is 0 Å². The molecule has 1 aromatic rings. The minimum absolute atomic E-state index is 0.0481. The molecule has 1 aromatic carbocycles. The molecule has 2 amide bonds. The standard InChI is InChI=1S/C15H19NO3/c1-5-15(12(17)16-13(18)19-15)11-8-6-10(7-9-11)14(2,3)4/h6-9H,5H2,1-4H3,(H,16,17,18). The molecule has 1 aliphatic rings. The molecule has 1 saturated heterocycles. The fourth-order valence-electron chi connectivity index (χ4n) is 2.29. The van der Waals surface area contributed by atoms with Gasteiger partial charge in [-0.2, -0.15) is 0 Å². The largest absolute Gasteiger partial charge is 0.428 e. The van der Waals surface area contributed by atoms with Crippen molar-refractivity contribution >= 4 is 12.0 Å². The van der Waals surface area contributed by atoms with Crippen LogP contribution in [0.3, 0.4) is 0 Å². The molecule has 0 aromatic heterocycles. The highest BCUT2D eigenvalue weighted by Crippen LogP contribution is 2.34. The summed E-state index contributed by atoms with van der Waals surface area (Å²) in [4.78, 5) is 23.2. The Morgan fingerprint density at radius 1 is 1.16 bits per heavy atom. The number of nitrogens with one attached hydrogen (secondary N) is 1. The third-order valence-electron chi connectivity index (χ3n) is 3.56. The van der Waals surface area contributed by atoms with E-state index in [0.29, 0.717) is 12.0 Å². The fraction of sp³-hybridized carbons (Fsp3) is 0.467. The van der Waals surface area contributed by atoms with Gasteiger partial charge in [-0.05, 0) is 17.4 Å². The van der Waals surface area contributed by atoms with Gasteiger partial charge in [-0.3, -0.25) is 10.1 Å². The van der Waals surface area contributed by atoms with Crippen molar-refractivity contribution in [3.05, 3.63) is 35.4 Å². The lowest BCUT2D eigenvalue weighted by Gasteiger charge is -2.25. The summed E-state index contributed by atoms with van der Waals surface area (Å²) < 4.78 is 5.22. The van der Waals surface area contributed by atoms with E-state index in [4.69, 9.17) is 4.74 Å². The van der Waals surface area contributed by atoms with Crippen LogP contribution in [0.25, 0.3) is 0 Å². The lowest BCUT2D eigenvalue weighted by atomic mass is 9.84. The molecule has 4 nitrogen and oxygen atoms in total. The average Bonchev–Trinajstić information content (AvgIpc) is 2.64. The van der Waals surface area contributed by atoms with Crippen LogP contribution in [0.2, 0.25) is 0 Å². The summed E-state index contributed by atoms with van der Waals surface area (Å²) in [6, 6.07) is 7.68. The number of rotatable bonds is 2. The molecule has 4 heteroatoms. The zero-order chi connectivity index (χ0) is 14.3. The molecule has 2 rings (SSSR count). The number of benzene rings is 1. The Labute approximate surface area is 113 Å². The van der Waals surface area contributed by atoms with E-state index in [1.807, 2.05) is 31.2 Å². The van der Waals surface area contributed by atoms with Gasteiger partial charge >= 0.3 is 6.09 Å². The van der Waals surface area contributed by atoms with Gasteiger partial charge in [0.25, 0.3) is 5.91 Å². The normalized spacial score (nSPS) is 23.2. The van der Waals surface area contributed by atoms with Gasteiger partial charge in [-0.1, -0.05) is 52.0 Å². The van der Waals surface area contributed by atoms with Crippen LogP contribution >= 0.6 is 0 Å². The Morgan fingerprint density at radius 3 is 2.11 bits per heavy atom. The van der Waals surface area contributed by atoms with Gasteiger partial charge in [-0.15, -0.1) is 0 Å². The fourth-order valence-corrected chi connectivity index (χ4v) is 2.29. The number of hydrogen-bond donors (Lipinski definition) is 1. The van der Waals surface area contributed by atoms with Crippen molar-refractivity contribution in [1.82, 2.24) is 5.32 Å². The van der Waals surface area contributed by atoms with Crippen LogP contribution in [0.4, 0.5) is 4.79 Å². The minimum atomic E-state index is -1.17. The number of cyclic esters (lactones) is 1. The lowest BCUT2D eigenvalue weighted by Crippen LogP contribution is -2.35. The Bertz CT molecular complexity index is 513. The predicted octanol–water partition coefficient (Wildman–Crippen LogP) is 2.86. The predicted molar refractivity (Wildman–Crippen MR) is 71.7 cm³/mol. The number of amides is 2. The monoisotopic (exact) mass is 261 g/mol. The van der Waals surface area contributed by atoms with Gasteiger partial charge in [0.15, 0.2) is 0 Å². The van der Waals surface area contributed by atoms with Crippen LogP contribution in [0.5, 0.6) is 0 Å². The van der Waals surface area contributed by atoms with E-state index in [2.05, 4.69) is 26.1 Å². The number of ether oxygens (including phenoxy) is 1. The van der Waals surface area contributed by atoms with Crippen molar-refractivity contribution in [2.24, 2.45) is 0 Å². The maximum absolute atomic E-state index is 12.0. The third-order valence-corrected chi connectivity index (χ3v) is 3.56. The topological polar surface area (TPSA) is 55.4 Å². The molecule has 0 bridgehead atoms. The molecule has 1 heterocycles. The second-order valence-corrected chi connectivity index (χ2v) is 5.85. The number of alkyl carbamates (subject to hydrolysis) is 1. The van der Waals surface area contributed by atoms with Crippen molar-refractivity contribution in [3.63, 3.8) is 0 Å². The second-order valence-electron chi connectivity index (χ2n) is 5.85. The SMILES string of the molecule is CCC1(c2ccc(C(C)(C)C)cc2)OC(=O)NC1=O. The zero-order valence-electron chi connectivity index (χ0n) is 11.7. The van der Waals surface area contributed by atoms with E-state index in [1.54, 1.807) is 0 Å². The van der Waals surface area contributed by atoms with Crippen molar-refractivity contribution < 1.29 is 14.3 Å². The van der Waals surface area contributed by atoms with Crippen LogP contribution < -0.4 is 5.32 Å². The first kappa shape index (κ1) is 13.6. The van der Waals surface area contributed by atoms with Gasteiger partial charge in [0.1, 0.15) is 0 Å². The molecule has 102 valence electrons. The molecule has 1 aliphatic heterocycles. The molecular weight excluding hydrogens is 242 g/mol. The second kappa shape index (κ2) is 4.37. The highest BCUT2D eigenvalue weighted by Gasteiger charge is 2.49. The number of hydrogen-bond acceptors (Lipinski definition) is 3. The summed E-state index contributed by atoms with van der Waals surface area (Å²) >= 11 is 0. The van der Waals surface area contributed by atoms with Crippen LogP contribution in [-0.2, 0) is 20.5 Å². The van der Waals surface area contributed by atoms with E-state index < -0.39 is 11.7 Å². The zero-order valence-corrected chi connectivity index (χ0v) is 11.7. The Morgan fingerprint density at radius 2 is 1.74 bits per heavy atom. The summed E-state index contributed by atoms with van der Waals surface area (Å²) in [5, 5.41) is 2.20. The van der Waals surface area contributed by atoms with E-state index in [9.17, 15) is 9.59 Å².